The Morgan fingerprint density at radius 1 is 1.00 bits per heavy atom. The molecule has 4 rings (SSSR count). The average molecular weight is 428 g/mol. The molecule has 1 heterocycles. The molecule has 0 aliphatic carbocycles. The number of cyclic esters (lactones) is 1. The van der Waals surface area contributed by atoms with Gasteiger partial charge in [0.2, 0.25) is 5.90 Å². The number of amides is 1. The molecule has 0 saturated carbocycles. The van der Waals surface area contributed by atoms with E-state index in [9.17, 15) is 9.59 Å². The Morgan fingerprint density at radius 2 is 1.72 bits per heavy atom. The van der Waals surface area contributed by atoms with Crippen molar-refractivity contribution in [2.75, 3.05) is 19.0 Å². The Bertz CT molecular complexity index is 1190. The molecule has 0 spiro atoms. The third kappa shape index (κ3) is 5.02. The molecule has 1 N–H and O–H groups in total. The van der Waals surface area contributed by atoms with E-state index in [2.05, 4.69) is 10.3 Å². The van der Waals surface area contributed by atoms with E-state index in [1.54, 1.807) is 36.4 Å². The lowest BCUT2D eigenvalue weighted by Crippen LogP contribution is -2.20. The van der Waals surface area contributed by atoms with Crippen LogP contribution in [-0.4, -0.2) is 31.5 Å². The van der Waals surface area contributed by atoms with Crippen LogP contribution in [0.2, 0.25) is 0 Å². The van der Waals surface area contributed by atoms with E-state index in [1.165, 1.54) is 7.11 Å². The number of aliphatic imine (C=N–C) groups is 1. The van der Waals surface area contributed by atoms with E-state index < -0.39 is 5.97 Å². The molecule has 0 unspecified atom stereocenters. The minimum absolute atomic E-state index is 0.178. The third-order valence-corrected chi connectivity index (χ3v) is 4.55. The molecule has 3 aromatic rings. The lowest BCUT2D eigenvalue weighted by molar-refractivity contribution is -0.130. The maximum absolute atomic E-state index is 12.2. The van der Waals surface area contributed by atoms with Gasteiger partial charge in [0.15, 0.2) is 23.8 Å². The van der Waals surface area contributed by atoms with Gasteiger partial charge in [0.1, 0.15) is 0 Å². The smallest absolute Gasteiger partial charge is 0.363 e. The molecule has 1 aliphatic heterocycles. The van der Waals surface area contributed by atoms with Crippen molar-refractivity contribution in [3.63, 3.8) is 0 Å². The van der Waals surface area contributed by atoms with E-state index in [0.29, 0.717) is 22.7 Å². The molecule has 3 aromatic carbocycles. The van der Waals surface area contributed by atoms with Crippen LogP contribution in [0.5, 0.6) is 11.5 Å². The fraction of sp³-hybridized carbons (Fsp3) is 0.0800. The van der Waals surface area contributed by atoms with Gasteiger partial charge in [-0.1, -0.05) is 42.5 Å². The summed E-state index contributed by atoms with van der Waals surface area (Å²) in [5.74, 6) is 0.269. The number of carbonyl (C=O) groups excluding carboxylic acids is 2. The zero-order valence-electron chi connectivity index (χ0n) is 17.3. The topological polar surface area (TPSA) is 86.2 Å². The van der Waals surface area contributed by atoms with E-state index >= 15 is 0 Å². The number of nitrogens with one attached hydrogen (secondary N) is 1. The largest absolute Gasteiger partial charge is 0.493 e. The molecule has 7 nitrogen and oxygen atoms in total. The second-order valence-corrected chi connectivity index (χ2v) is 6.82. The van der Waals surface area contributed by atoms with Crippen molar-refractivity contribution in [3.05, 3.63) is 95.7 Å². The number of esters is 1. The maximum atomic E-state index is 12.2. The van der Waals surface area contributed by atoms with Gasteiger partial charge in [0.25, 0.3) is 5.91 Å². The van der Waals surface area contributed by atoms with Crippen LogP contribution >= 0.6 is 0 Å². The molecule has 0 aromatic heterocycles. The van der Waals surface area contributed by atoms with Gasteiger partial charge in [0.05, 0.1) is 7.11 Å². The number of nitrogens with zero attached hydrogens (tertiary/aromatic N) is 1. The molecule has 0 atom stereocenters. The Hall–Kier alpha value is -4.39. The number of para-hydroxylation sites is 1. The van der Waals surface area contributed by atoms with E-state index in [4.69, 9.17) is 14.2 Å². The summed E-state index contributed by atoms with van der Waals surface area (Å²) in [6.45, 7) is -0.178. The summed E-state index contributed by atoms with van der Waals surface area (Å²) in [4.78, 5) is 28.6. The van der Waals surface area contributed by atoms with Crippen molar-refractivity contribution in [2.24, 2.45) is 4.99 Å². The first-order chi connectivity index (χ1) is 15.6. The van der Waals surface area contributed by atoms with Crippen molar-refractivity contribution in [1.29, 1.82) is 0 Å². The fourth-order valence-electron chi connectivity index (χ4n) is 3.03. The summed E-state index contributed by atoms with van der Waals surface area (Å²) in [6, 6.07) is 23.4. The average Bonchev–Trinajstić information content (AvgIpc) is 3.19. The number of hydrogen-bond acceptors (Lipinski definition) is 6. The highest BCUT2D eigenvalue weighted by Crippen LogP contribution is 2.30. The first-order valence-electron chi connectivity index (χ1n) is 9.86. The summed E-state index contributed by atoms with van der Waals surface area (Å²) in [7, 11) is 1.50. The van der Waals surface area contributed by atoms with Crippen molar-refractivity contribution >= 4 is 29.5 Å². The van der Waals surface area contributed by atoms with Crippen LogP contribution in [0, 0.1) is 0 Å². The lowest BCUT2D eigenvalue weighted by atomic mass is 10.1. The predicted octanol–water partition coefficient (Wildman–Crippen LogP) is 4.06. The Labute approximate surface area is 185 Å². The van der Waals surface area contributed by atoms with Crippen molar-refractivity contribution in [1.82, 2.24) is 0 Å². The van der Waals surface area contributed by atoms with Gasteiger partial charge in [0, 0.05) is 11.3 Å². The first kappa shape index (κ1) is 20.9. The standard InChI is InChI=1S/C25H20N2O5/c1-30-22-15-17(14-20-25(29)32-24(27-20)18-8-4-2-5-9-18)12-13-21(22)31-16-23(28)26-19-10-6-3-7-11-19/h2-15H,16H2,1H3,(H,26,28)/b20-14+. The Morgan fingerprint density at radius 3 is 2.44 bits per heavy atom. The minimum atomic E-state index is -0.527. The molecule has 32 heavy (non-hydrogen) atoms. The zero-order valence-corrected chi connectivity index (χ0v) is 17.3. The van der Waals surface area contributed by atoms with E-state index in [1.807, 2.05) is 48.5 Å². The minimum Gasteiger partial charge on any atom is -0.493 e. The van der Waals surface area contributed by atoms with Crippen LogP contribution in [0.25, 0.3) is 6.08 Å². The van der Waals surface area contributed by atoms with Gasteiger partial charge >= 0.3 is 5.97 Å². The molecule has 0 fully saturated rings. The monoisotopic (exact) mass is 428 g/mol. The van der Waals surface area contributed by atoms with E-state index in [0.717, 1.165) is 5.56 Å². The number of ether oxygens (including phenoxy) is 3. The second-order valence-electron chi connectivity index (χ2n) is 6.82. The van der Waals surface area contributed by atoms with Crippen LogP contribution in [0.1, 0.15) is 11.1 Å². The number of carbonyl (C=O) groups is 2. The van der Waals surface area contributed by atoms with Crippen molar-refractivity contribution in [2.45, 2.75) is 0 Å². The first-order valence-corrected chi connectivity index (χ1v) is 9.86. The van der Waals surface area contributed by atoms with Crippen LogP contribution in [0.15, 0.2) is 89.6 Å². The highest BCUT2D eigenvalue weighted by Gasteiger charge is 2.24. The number of anilines is 1. The third-order valence-electron chi connectivity index (χ3n) is 4.55. The van der Waals surface area contributed by atoms with Crippen LogP contribution in [-0.2, 0) is 14.3 Å². The molecule has 0 radical (unpaired) electrons. The van der Waals surface area contributed by atoms with Gasteiger partial charge in [-0.25, -0.2) is 9.79 Å². The molecular formula is C25H20N2O5. The lowest BCUT2D eigenvalue weighted by Gasteiger charge is -2.11. The molecule has 160 valence electrons. The van der Waals surface area contributed by atoms with Gasteiger partial charge in [-0.15, -0.1) is 0 Å². The number of rotatable bonds is 7. The molecule has 0 saturated heterocycles. The van der Waals surface area contributed by atoms with Gasteiger partial charge in [-0.05, 0) is 48.0 Å². The van der Waals surface area contributed by atoms with Crippen LogP contribution < -0.4 is 14.8 Å². The zero-order chi connectivity index (χ0) is 22.3. The molecule has 1 aliphatic rings. The molecular weight excluding hydrogens is 408 g/mol. The van der Waals surface area contributed by atoms with E-state index in [-0.39, 0.29) is 24.1 Å². The summed E-state index contributed by atoms with van der Waals surface area (Å²) >= 11 is 0. The fourth-order valence-corrected chi connectivity index (χ4v) is 3.03. The molecule has 1 amide bonds. The SMILES string of the molecule is COc1cc(/C=C2/N=C(c3ccccc3)OC2=O)ccc1OCC(=O)Nc1ccccc1. The maximum Gasteiger partial charge on any atom is 0.363 e. The molecule has 0 bridgehead atoms. The Balaban J connectivity index is 1.46. The van der Waals surface area contributed by atoms with Crippen LogP contribution in [0.4, 0.5) is 5.69 Å². The predicted molar refractivity (Wildman–Crippen MR) is 121 cm³/mol. The highest BCUT2D eigenvalue weighted by molar-refractivity contribution is 6.12. The second kappa shape index (κ2) is 9.61. The molecule has 7 heteroatoms. The number of benzene rings is 3. The van der Waals surface area contributed by atoms with Crippen molar-refractivity contribution in [3.8, 4) is 11.5 Å². The summed E-state index contributed by atoms with van der Waals surface area (Å²) in [5, 5.41) is 2.75. The normalized spacial score (nSPS) is 14.0. The number of methoxy groups -OCH3 is 1. The summed E-state index contributed by atoms with van der Waals surface area (Å²) in [5.41, 5.74) is 2.27. The Kier molecular flexibility index (Phi) is 6.27. The number of hydrogen-bond donors (Lipinski definition) is 1. The summed E-state index contributed by atoms with van der Waals surface area (Å²) in [6.07, 6.45) is 1.60. The highest BCUT2D eigenvalue weighted by atomic mass is 16.6. The summed E-state index contributed by atoms with van der Waals surface area (Å²) < 4.78 is 16.3. The van der Waals surface area contributed by atoms with Gasteiger partial charge < -0.3 is 19.5 Å². The quantitative estimate of drug-likeness (QED) is 0.453. The van der Waals surface area contributed by atoms with Crippen molar-refractivity contribution < 1.29 is 23.8 Å². The van der Waals surface area contributed by atoms with Crippen LogP contribution in [0.3, 0.4) is 0 Å². The van der Waals surface area contributed by atoms with Gasteiger partial charge in [-0.2, -0.15) is 0 Å². The van der Waals surface area contributed by atoms with Gasteiger partial charge in [-0.3, -0.25) is 4.79 Å².